The quantitative estimate of drug-likeness (QED) is 0.659. The summed E-state index contributed by atoms with van der Waals surface area (Å²) < 4.78 is 0. The third kappa shape index (κ3) is 4.67. The van der Waals surface area contributed by atoms with E-state index in [1.165, 1.54) is 25.4 Å². The van der Waals surface area contributed by atoms with E-state index in [1.807, 2.05) is 25.1 Å². The van der Waals surface area contributed by atoms with Crippen LogP contribution in [0, 0.1) is 6.92 Å². The number of hydrogen-bond acceptors (Lipinski definition) is 4. The molecule has 6 heteroatoms. The van der Waals surface area contributed by atoms with Crippen LogP contribution in [0.4, 0.5) is 11.4 Å². The molecule has 0 unspecified atom stereocenters. The van der Waals surface area contributed by atoms with Gasteiger partial charge in [-0.1, -0.05) is 12.1 Å². The number of carbonyl (C=O) groups is 3. The Balaban J connectivity index is 1.72. The molecule has 2 aromatic carbocycles. The summed E-state index contributed by atoms with van der Waals surface area (Å²) in [7, 11) is 0. The molecule has 0 atom stereocenters. The Bertz CT molecular complexity index is 1040. The predicted molar refractivity (Wildman–Crippen MR) is 108 cm³/mol. The SMILES string of the molecule is CC(=O)c1ccc(NC(=O)c2cncc(C(=O)Nc3cccc(C)c3)c2)cc1. The highest BCUT2D eigenvalue weighted by Crippen LogP contribution is 2.14. The van der Waals surface area contributed by atoms with Crippen LogP contribution in [0.5, 0.6) is 0 Å². The van der Waals surface area contributed by atoms with Gasteiger partial charge in [0.2, 0.25) is 0 Å². The zero-order chi connectivity index (χ0) is 20.1. The molecule has 0 radical (unpaired) electrons. The molecule has 3 aromatic rings. The fourth-order valence-corrected chi connectivity index (χ4v) is 2.61. The number of carbonyl (C=O) groups excluding carboxylic acids is 3. The average molecular weight is 373 g/mol. The Hall–Kier alpha value is -3.80. The van der Waals surface area contributed by atoms with Crippen LogP contribution in [-0.2, 0) is 0 Å². The fourth-order valence-electron chi connectivity index (χ4n) is 2.61. The highest BCUT2D eigenvalue weighted by molar-refractivity contribution is 6.08. The Morgan fingerprint density at radius 2 is 1.36 bits per heavy atom. The third-order valence-electron chi connectivity index (χ3n) is 4.09. The number of anilines is 2. The molecular weight excluding hydrogens is 354 g/mol. The van der Waals surface area contributed by atoms with Gasteiger partial charge in [0.05, 0.1) is 11.1 Å². The molecule has 3 rings (SSSR count). The second-order valence-electron chi connectivity index (χ2n) is 6.37. The lowest BCUT2D eigenvalue weighted by molar-refractivity contribution is 0.101. The van der Waals surface area contributed by atoms with E-state index in [1.54, 1.807) is 30.3 Å². The molecule has 6 nitrogen and oxygen atoms in total. The lowest BCUT2D eigenvalue weighted by atomic mass is 10.1. The molecule has 1 heterocycles. The van der Waals surface area contributed by atoms with E-state index >= 15 is 0 Å². The highest BCUT2D eigenvalue weighted by atomic mass is 16.2. The molecule has 2 amide bonds. The molecular formula is C22H19N3O3. The third-order valence-corrected chi connectivity index (χ3v) is 4.09. The van der Waals surface area contributed by atoms with E-state index < -0.39 is 5.91 Å². The Morgan fingerprint density at radius 3 is 1.93 bits per heavy atom. The molecule has 0 bridgehead atoms. The van der Waals surface area contributed by atoms with E-state index in [2.05, 4.69) is 15.6 Å². The van der Waals surface area contributed by atoms with Gasteiger partial charge < -0.3 is 10.6 Å². The van der Waals surface area contributed by atoms with Crippen molar-refractivity contribution in [3.63, 3.8) is 0 Å². The first-order chi connectivity index (χ1) is 13.4. The molecule has 28 heavy (non-hydrogen) atoms. The van der Waals surface area contributed by atoms with Crippen LogP contribution >= 0.6 is 0 Å². The maximum Gasteiger partial charge on any atom is 0.257 e. The van der Waals surface area contributed by atoms with Gasteiger partial charge in [-0.3, -0.25) is 19.4 Å². The van der Waals surface area contributed by atoms with Crippen molar-refractivity contribution >= 4 is 29.0 Å². The number of hydrogen-bond donors (Lipinski definition) is 2. The summed E-state index contributed by atoms with van der Waals surface area (Å²) in [5.41, 5.74) is 3.35. The minimum Gasteiger partial charge on any atom is -0.322 e. The molecule has 0 aliphatic heterocycles. The van der Waals surface area contributed by atoms with Crippen LogP contribution in [0.15, 0.2) is 67.0 Å². The molecule has 140 valence electrons. The van der Waals surface area contributed by atoms with Crippen molar-refractivity contribution in [3.05, 3.63) is 89.2 Å². The number of rotatable bonds is 5. The summed E-state index contributed by atoms with van der Waals surface area (Å²) in [4.78, 5) is 40.2. The van der Waals surface area contributed by atoms with Crippen molar-refractivity contribution in [1.29, 1.82) is 0 Å². The average Bonchev–Trinajstić information content (AvgIpc) is 2.68. The molecule has 0 fully saturated rings. The number of Topliss-reactive ketones (excluding diaryl/α,β-unsaturated/α-hetero) is 1. The summed E-state index contributed by atoms with van der Waals surface area (Å²) in [6.07, 6.45) is 2.80. The van der Waals surface area contributed by atoms with Gasteiger partial charge in [-0.25, -0.2) is 0 Å². The van der Waals surface area contributed by atoms with Crippen LogP contribution < -0.4 is 10.6 Å². The van der Waals surface area contributed by atoms with Gasteiger partial charge in [-0.15, -0.1) is 0 Å². The first-order valence-corrected chi connectivity index (χ1v) is 8.68. The van der Waals surface area contributed by atoms with Gasteiger partial charge in [-0.05, 0) is 61.9 Å². The van der Waals surface area contributed by atoms with Crippen molar-refractivity contribution in [2.24, 2.45) is 0 Å². The largest absolute Gasteiger partial charge is 0.322 e. The van der Waals surface area contributed by atoms with Crippen LogP contribution in [0.1, 0.15) is 43.6 Å². The maximum atomic E-state index is 12.5. The second kappa shape index (κ2) is 8.26. The van der Waals surface area contributed by atoms with Crippen molar-refractivity contribution in [2.45, 2.75) is 13.8 Å². The number of pyridine rings is 1. The van der Waals surface area contributed by atoms with E-state index in [4.69, 9.17) is 0 Å². The van der Waals surface area contributed by atoms with Gasteiger partial charge >= 0.3 is 0 Å². The summed E-state index contributed by atoms with van der Waals surface area (Å²) in [5.74, 6) is -0.791. The summed E-state index contributed by atoms with van der Waals surface area (Å²) in [6.45, 7) is 3.41. The highest BCUT2D eigenvalue weighted by Gasteiger charge is 2.12. The number of amides is 2. The summed E-state index contributed by atoms with van der Waals surface area (Å²) in [6, 6.07) is 15.5. The first-order valence-electron chi connectivity index (χ1n) is 8.68. The zero-order valence-electron chi connectivity index (χ0n) is 15.5. The van der Waals surface area contributed by atoms with Gasteiger partial charge in [0.15, 0.2) is 5.78 Å². The number of benzene rings is 2. The molecule has 0 saturated carbocycles. The Kier molecular flexibility index (Phi) is 5.60. The van der Waals surface area contributed by atoms with E-state index in [9.17, 15) is 14.4 Å². The number of aromatic nitrogens is 1. The van der Waals surface area contributed by atoms with Crippen LogP contribution in [0.2, 0.25) is 0 Å². The molecule has 2 N–H and O–H groups in total. The van der Waals surface area contributed by atoms with Crippen LogP contribution in [0.25, 0.3) is 0 Å². The van der Waals surface area contributed by atoms with E-state index in [0.717, 1.165) is 5.56 Å². The minimum atomic E-state index is -0.395. The standard InChI is InChI=1S/C22H19N3O3/c1-14-4-3-5-20(10-14)25-22(28)18-11-17(12-23-13-18)21(27)24-19-8-6-16(7-9-19)15(2)26/h3-13H,1-2H3,(H,24,27)(H,25,28). The molecule has 0 aliphatic rings. The molecule has 1 aromatic heterocycles. The van der Waals surface area contributed by atoms with Crippen molar-refractivity contribution in [2.75, 3.05) is 10.6 Å². The number of nitrogens with zero attached hydrogens (tertiary/aromatic N) is 1. The summed E-state index contributed by atoms with van der Waals surface area (Å²) >= 11 is 0. The van der Waals surface area contributed by atoms with Crippen LogP contribution in [-0.4, -0.2) is 22.6 Å². The van der Waals surface area contributed by atoms with E-state index in [0.29, 0.717) is 16.9 Å². The minimum absolute atomic E-state index is 0.0469. The topological polar surface area (TPSA) is 88.2 Å². The van der Waals surface area contributed by atoms with Gasteiger partial charge in [-0.2, -0.15) is 0 Å². The predicted octanol–water partition coefficient (Wildman–Crippen LogP) is 4.10. The molecule has 0 spiro atoms. The maximum absolute atomic E-state index is 12.5. The molecule has 0 aliphatic carbocycles. The Labute approximate surface area is 162 Å². The van der Waals surface area contributed by atoms with Gasteiger partial charge in [0.25, 0.3) is 11.8 Å². The summed E-state index contributed by atoms with van der Waals surface area (Å²) in [5, 5.41) is 5.51. The smallest absolute Gasteiger partial charge is 0.257 e. The van der Waals surface area contributed by atoms with Gasteiger partial charge in [0.1, 0.15) is 0 Å². The zero-order valence-corrected chi connectivity index (χ0v) is 15.5. The Morgan fingerprint density at radius 1 is 0.750 bits per heavy atom. The monoisotopic (exact) mass is 373 g/mol. The number of aryl methyl sites for hydroxylation is 1. The van der Waals surface area contributed by atoms with Crippen LogP contribution in [0.3, 0.4) is 0 Å². The van der Waals surface area contributed by atoms with Crippen molar-refractivity contribution in [3.8, 4) is 0 Å². The van der Waals surface area contributed by atoms with E-state index in [-0.39, 0.29) is 22.8 Å². The second-order valence-corrected chi connectivity index (χ2v) is 6.37. The first kappa shape index (κ1) is 19.0. The van der Waals surface area contributed by atoms with Crippen molar-refractivity contribution in [1.82, 2.24) is 4.98 Å². The fraction of sp³-hybridized carbons (Fsp3) is 0.0909. The number of ketones is 1. The normalized spacial score (nSPS) is 10.2. The lowest BCUT2D eigenvalue weighted by Crippen LogP contribution is -2.16. The molecule has 0 saturated heterocycles. The number of nitrogens with one attached hydrogen (secondary N) is 2. The lowest BCUT2D eigenvalue weighted by Gasteiger charge is -2.08. The van der Waals surface area contributed by atoms with Gasteiger partial charge in [0, 0.05) is 29.3 Å². The van der Waals surface area contributed by atoms with Crippen molar-refractivity contribution < 1.29 is 14.4 Å².